The first-order valence-corrected chi connectivity index (χ1v) is 7.13. The van der Waals surface area contributed by atoms with E-state index < -0.39 is 0 Å². The highest BCUT2D eigenvalue weighted by molar-refractivity contribution is 8.07. The smallest absolute Gasteiger partial charge is 0.0765 e. The lowest BCUT2D eigenvalue weighted by Crippen LogP contribution is -2.34. The fourth-order valence-corrected chi connectivity index (χ4v) is 4.56. The molecule has 0 aromatic carbocycles. The van der Waals surface area contributed by atoms with E-state index in [1.165, 1.54) is 11.5 Å². The van der Waals surface area contributed by atoms with Crippen LogP contribution < -0.4 is 5.73 Å². The molecule has 0 amide bonds. The minimum atomic E-state index is 0.00602. The number of hydrogen-bond acceptors (Lipinski definition) is 5. The Morgan fingerprint density at radius 3 is 2.87 bits per heavy atom. The van der Waals surface area contributed by atoms with E-state index in [1.54, 1.807) is 18.6 Å². The van der Waals surface area contributed by atoms with Gasteiger partial charge in [-0.25, -0.2) is 0 Å². The number of hydrogen-bond donors (Lipinski definition) is 1. The van der Waals surface area contributed by atoms with Crippen LogP contribution in [0.25, 0.3) is 0 Å². The van der Waals surface area contributed by atoms with Gasteiger partial charge in [-0.15, -0.1) is 0 Å². The van der Waals surface area contributed by atoms with Gasteiger partial charge in [-0.05, 0) is 0 Å². The molecule has 0 aliphatic carbocycles. The summed E-state index contributed by atoms with van der Waals surface area (Å²) in [5, 5.41) is 1.06. The summed E-state index contributed by atoms with van der Waals surface area (Å²) in [4.78, 5) is 8.35. The lowest BCUT2D eigenvalue weighted by molar-refractivity contribution is 0.642. The third-order valence-corrected chi connectivity index (χ3v) is 5.73. The molecule has 0 radical (unpaired) electrons. The molecule has 3 atom stereocenters. The summed E-state index contributed by atoms with van der Waals surface area (Å²) >= 11 is 3.96. The first kappa shape index (κ1) is 11.2. The van der Waals surface area contributed by atoms with E-state index in [4.69, 9.17) is 5.73 Å². The van der Waals surface area contributed by atoms with Crippen molar-refractivity contribution >= 4 is 23.5 Å². The van der Waals surface area contributed by atoms with Gasteiger partial charge in [-0.2, -0.15) is 23.5 Å². The van der Waals surface area contributed by atoms with Gasteiger partial charge < -0.3 is 5.73 Å². The Hall–Kier alpha value is -0.260. The molecular formula is C10H15N3S2. The van der Waals surface area contributed by atoms with Crippen molar-refractivity contribution in [3.8, 4) is 0 Å². The zero-order valence-electron chi connectivity index (χ0n) is 8.67. The van der Waals surface area contributed by atoms with E-state index >= 15 is 0 Å². The van der Waals surface area contributed by atoms with Crippen molar-refractivity contribution in [2.45, 2.75) is 23.5 Å². The fourth-order valence-electron chi connectivity index (χ4n) is 1.70. The molecular weight excluding hydrogens is 226 g/mol. The maximum absolute atomic E-state index is 6.22. The van der Waals surface area contributed by atoms with Crippen LogP contribution in [0, 0.1) is 0 Å². The maximum Gasteiger partial charge on any atom is 0.0765 e. The molecule has 1 fully saturated rings. The Bertz CT molecular complexity index is 307. The van der Waals surface area contributed by atoms with Gasteiger partial charge in [0.15, 0.2) is 0 Å². The molecule has 1 aromatic heterocycles. The van der Waals surface area contributed by atoms with Crippen molar-refractivity contribution in [2.24, 2.45) is 5.73 Å². The Labute approximate surface area is 98.6 Å². The Kier molecular flexibility index (Phi) is 3.88. The second kappa shape index (κ2) is 5.18. The van der Waals surface area contributed by atoms with Crippen LogP contribution >= 0.6 is 23.5 Å². The minimum absolute atomic E-state index is 0.00602. The number of aromatic nitrogens is 2. The van der Waals surface area contributed by atoms with Crippen LogP contribution in [-0.4, -0.2) is 32.0 Å². The Balaban J connectivity index is 2.09. The maximum atomic E-state index is 6.22. The largest absolute Gasteiger partial charge is 0.322 e. The van der Waals surface area contributed by atoms with Gasteiger partial charge in [0.25, 0.3) is 0 Å². The summed E-state index contributed by atoms with van der Waals surface area (Å²) in [5.74, 6) is 2.42. The third kappa shape index (κ3) is 2.65. The molecule has 1 saturated heterocycles. The van der Waals surface area contributed by atoms with Crippen LogP contribution in [0.3, 0.4) is 0 Å². The van der Waals surface area contributed by atoms with E-state index in [0.29, 0.717) is 10.5 Å². The second-order valence-corrected chi connectivity index (χ2v) is 6.34. The third-order valence-electron chi connectivity index (χ3n) is 2.52. The zero-order chi connectivity index (χ0) is 10.7. The van der Waals surface area contributed by atoms with Gasteiger partial charge in [0, 0.05) is 34.4 Å². The predicted molar refractivity (Wildman–Crippen MR) is 67.1 cm³/mol. The van der Waals surface area contributed by atoms with Crippen LogP contribution in [0.15, 0.2) is 18.6 Å². The van der Waals surface area contributed by atoms with Crippen LogP contribution in [-0.2, 0) is 0 Å². The molecule has 3 nitrogen and oxygen atoms in total. The molecule has 0 bridgehead atoms. The highest BCUT2D eigenvalue weighted by Gasteiger charge is 2.29. The molecule has 1 aliphatic heterocycles. The van der Waals surface area contributed by atoms with Gasteiger partial charge in [-0.3, -0.25) is 9.97 Å². The van der Waals surface area contributed by atoms with Crippen LogP contribution in [0.1, 0.15) is 18.7 Å². The first-order chi connectivity index (χ1) is 7.29. The molecule has 1 aliphatic rings. The molecule has 2 rings (SSSR count). The van der Waals surface area contributed by atoms with Crippen molar-refractivity contribution in [2.75, 3.05) is 11.5 Å². The molecule has 2 N–H and O–H groups in total. The molecule has 1 aromatic rings. The molecule has 15 heavy (non-hydrogen) atoms. The van der Waals surface area contributed by atoms with Crippen molar-refractivity contribution in [3.05, 3.63) is 24.3 Å². The number of rotatable bonds is 2. The van der Waals surface area contributed by atoms with Crippen molar-refractivity contribution in [1.82, 2.24) is 9.97 Å². The lowest BCUT2D eigenvalue weighted by atomic mass is 10.1. The molecule has 0 spiro atoms. The summed E-state index contributed by atoms with van der Waals surface area (Å²) < 4.78 is 0. The summed E-state index contributed by atoms with van der Waals surface area (Å²) in [6.45, 7) is 2.25. The van der Waals surface area contributed by atoms with E-state index in [9.17, 15) is 0 Å². The molecule has 0 saturated carbocycles. The van der Waals surface area contributed by atoms with E-state index in [1.807, 2.05) is 23.5 Å². The fraction of sp³-hybridized carbons (Fsp3) is 0.600. The van der Waals surface area contributed by atoms with Crippen LogP contribution in [0.5, 0.6) is 0 Å². The summed E-state index contributed by atoms with van der Waals surface area (Å²) in [6, 6.07) is 0.00602. The number of nitrogens with zero attached hydrogens (tertiary/aromatic N) is 2. The highest BCUT2D eigenvalue weighted by Crippen LogP contribution is 2.36. The summed E-state index contributed by atoms with van der Waals surface area (Å²) in [5.41, 5.74) is 7.13. The van der Waals surface area contributed by atoms with Gasteiger partial charge >= 0.3 is 0 Å². The van der Waals surface area contributed by atoms with E-state index in [-0.39, 0.29) is 6.04 Å². The van der Waals surface area contributed by atoms with E-state index in [0.717, 1.165) is 5.69 Å². The predicted octanol–water partition coefficient (Wildman–Crippen LogP) is 1.71. The molecule has 2 heterocycles. The van der Waals surface area contributed by atoms with E-state index in [2.05, 4.69) is 16.9 Å². The van der Waals surface area contributed by atoms with Crippen LogP contribution in [0.2, 0.25) is 0 Å². The average molecular weight is 241 g/mol. The SMILES string of the molecule is CC1SCCSC1C(N)c1cnccn1. The number of thioether (sulfide) groups is 2. The van der Waals surface area contributed by atoms with Crippen molar-refractivity contribution in [1.29, 1.82) is 0 Å². The minimum Gasteiger partial charge on any atom is -0.322 e. The zero-order valence-corrected chi connectivity index (χ0v) is 10.3. The summed E-state index contributed by atoms with van der Waals surface area (Å²) in [7, 11) is 0. The van der Waals surface area contributed by atoms with Crippen LogP contribution in [0.4, 0.5) is 0 Å². The number of nitrogens with two attached hydrogens (primary N) is 1. The van der Waals surface area contributed by atoms with Gasteiger partial charge in [0.2, 0.25) is 0 Å². The average Bonchev–Trinajstić information content (AvgIpc) is 2.30. The van der Waals surface area contributed by atoms with Crippen molar-refractivity contribution in [3.63, 3.8) is 0 Å². The topological polar surface area (TPSA) is 51.8 Å². The van der Waals surface area contributed by atoms with Crippen molar-refractivity contribution < 1.29 is 0 Å². The van der Waals surface area contributed by atoms with Gasteiger partial charge in [0.05, 0.1) is 17.9 Å². The molecule has 5 heteroatoms. The highest BCUT2D eigenvalue weighted by atomic mass is 32.2. The summed E-state index contributed by atoms with van der Waals surface area (Å²) in [6.07, 6.45) is 5.17. The lowest BCUT2D eigenvalue weighted by Gasteiger charge is -2.31. The first-order valence-electron chi connectivity index (χ1n) is 5.03. The standard InChI is InChI=1S/C10H15N3S2/c1-7-10(15-5-4-14-7)9(11)8-6-12-2-3-13-8/h2-3,6-7,9-10H,4-5,11H2,1H3. The molecule has 3 unspecified atom stereocenters. The monoisotopic (exact) mass is 241 g/mol. The molecule has 82 valence electrons. The Morgan fingerprint density at radius 1 is 1.40 bits per heavy atom. The van der Waals surface area contributed by atoms with Gasteiger partial charge in [0.1, 0.15) is 0 Å². The quantitative estimate of drug-likeness (QED) is 0.854. The van der Waals surface area contributed by atoms with Gasteiger partial charge in [-0.1, -0.05) is 6.92 Å². The second-order valence-electron chi connectivity index (χ2n) is 3.57. The Morgan fingerprint density at radius 2 is 2.20 bits per heavy atom. The normalized spacial score (nSPS) is 28.7.